The molecular weight excluding hydrogens is 216 g/mol. The van der Waals surface area contributed by atoms with E-state index in [2.05, 4.69) is 16.9 Å². The molecule has 94 valence electrons. The third-order valence-electron chi connectivity index (χ3n) is 3.32. The third kappa shape index (κ3) is 3.41. The van der Waals surface area contributed by atoms with E-state index in [9.17, 15) is 0 Å². The summed E-state index contributed by atoms with van der Waals surface area (Å²) in [7, 11) is 2.17. The second-order valence-corrected chi connectivity index (χ2v) is 4.54. The van der Waals surface area contributed by atoms with Crippen molar-refractivity contribution >= 4 is 0 Å². The Morgan fingerprint density at radius 3 is 3.12 bits per heavy atom. The number of hydrogen-bond donors (Lipinski definition) is 1. The van der Waals surface area contributed by atoms with Crippen LogP contribution in [0.5, 0.6) is 5.88 Å². The molecule has 1 aromatic rings. The van der Waals surface area contributed by atoms with Crippen molar-refractivity contribution in [3.63, 3.8) is 0 Å². The van der Waals surface area contributed by atoms with Crippen LogP contribution in [-0.2, 0) is 6.61 Å². The van der Waals surface area contributed by atoms with Crippen molar-refractivity contribution in [3.05, 3.63) is 23.9 Å². The zero-order valence-corrected chi connectivity index (χ0v) is 10.3. The smallest absolute Gasteiger partial charge is 0.213 e. The van der Waals surface area contributed by atoms with Gasteiger partial charge in [-0.15, -0.1) is 0 Å². The fourth-order valence-corrected chi connectivity index (χ4v) is 2.27. The maximum absolute atomic E-state index is 8.97. The molecule has 1 fully saturated rings. The van der Waals surface area contributed by atoms with E-state index in [0.29, 0.717) is 24.2 Å². The molecule has 17 heavy (non-hydrogen) atoms. The van der Waals surface area contributed by atoms with Gasteiger partial charge in [-0.05, 0) is 38.9 Å². The second-order valence-electron chi connectivity index (χ2n) is 4.54. The van der Waals surface area contributed by atoms with Crippen LogP contribution >= 0.6 is 0 Å². The lowest BCUT2D eigenvalue weighted by Crippen LogP contribution is -2.26. The lowest BCUT2D eigenvalue weighted by Gasteiger charge is -2.19. The lowest BCUT2D eigenvalue weighted by atomic mass is 10.1. The van der Waals surface area contributed by atoms with Crippen molar-refractivity contribution in [2.75, 3.05) is 20.2 Å². The molecule has 4 heteroatoms. The zero-order chi connectivity index (χ0) is 12.1. The van der Waals surface area contributed by atoms with Gasteiger partial charge in [-0.2, -0.15) is 0 Å². The monoisotopic (exact) mass is 236 g/mol. The summed E-state index contributed by atoms with van der Waals surface area (Å²) in [5.74, 6) is 0.609. The summed E-state index contributed by atoms with van der Waals surface area (Å²) in [5.41, 5.74) is 0.653. The van der Waals surface area contributed by atoms with Crippen molar-refractivity contribution in [2.45, 2.75) is 31.9 Å². The molecule has 0 radical (unpaired) electrons. The Morgan fingerprint density at radius 1 is 1.53 bits per heavy atom. The van der Waals surface area contributed by atoms with Crippen molar-refractivity contribution < 1.29 is 9.84 Å². The minimum atomic E-state index is -0.0391. The average molecular weight is 236 g/mol. The second kappa shape index (κ2) is 5.98. The number of aliphatic hydroxyl groups is 1. The molecule has 1 atom stereocenters. The maximum atomic E-state index is 8.97. The van der Waals surface area contributed by atoms with Crippen LogP contribution in [0.4, 0.5) is 0 Å². The minimum Gasteiger partial charge on any atom is -0.478 e. The molecule has 4 nitrogen and oxygen atoms in total. The number of ether oxygens (including phenoxy) is 1. The van der Waals surface area contributed by atoms with Gasteiger partial charge in [-0.3, -0.25) is 0 Å². The van der Waals surface area contributed by atoms with E-state index < -0.39 is 0 Å². The van der Waals surface area contributed by atoms with Gasteiger partial charge in [0.1, 0.15) is 0 Å². The molecule has 0 aliphatic carbocycles. The van der Waals surface area contributed by atoms with Crippen molar-refractivity contribution in [2.24, 2.45) is 0 Å². The van der Waals surface area contributed by atoms with E-state index in [0.717, 1.165) is 6.42 Å². The molecule has 0 bridgehead atoms. The van der Waals surface area contributed by atoms with E-state index in [-0.39, 0.29) is 6.61 Å². The zero-order valence-electron chi connectivity index (χ0n) is 10.3. The highest BCUT2D eigenvalue weighted by Crippen LogP contribution is 2.18. The SMILES string of the molecule is CN1CCCC1CCOc1cccc(CO)n1. The first kappa shape index (κ1) is 12.3. The summed E-state index contributed by atoms with van der Waals surface area (Å²) >= 11 is 0. The first-order valence-corrected chi connectivity index (χ1v) is 6.19. The Labute approximate surface area is 102 Å². The number of pyridine rings is 1. The Kier molecular flexibility index (Phi) is 4.34. The van der Waals surface area contributed by atoms with Crippen LogP contribution in [0.25, 0.3) is 0 Å². The highest BCUT2D eigenvalue weighted by molar-refractivity contribution is 5.15. The standard InChI is InChI=1S/C13H20N2O2/c1-15-8-3-5-12(15)7-9-17-13-6-2-4-11(10-16)14-13/h2,4,6,12,16H,3,5,7-10H2,1H3. The summed E-state index contributed by atoms with van der Waals surface area (Å²) in [6.45, 7) is 1.85. The van der Waals surface area contributed by atoms with E-state index in [1.54, 1.807) is 6.07 Å². The molecule has 0 amide bonds. The molecule has 2 heterocycles. The van der Waals surface area contributed by atoms with Gasteiger partial charge in [0.2, 0.25) is 5.88 Å². The van der Waals surface area contributed by atoms with Gasteiger partial charge in [0.15, 0.2) is 0 Å². The number of likely N-dealkylation sites (tertiary alicyclic amines) is 1. The van der Waals surface area contributed by atoms with Crippen LogP contribution in [-0.4, -0.2) is 41.2 Å². The van der Waals surface area contributed by atoms with Gasteiger partial charge in [0, 0.05) is 12.1 Å². The van der Waals surface area contributed by atoms with Gasteiger partial charge in [0.25, 0.3) is 0 Å². The summed E-state index contributed by atoms with van der Waals surface area (Å²) in [5, 5.41) is 8.97. The number of nitrogens with zero attached hydrogens (tertiary/aromatic N) is 2. The van der Waals surface area contributed by atoms with Crippen LogP contribution < -0.4 is 4.74 Å². The van der Waals surface area contributed by atoms with E-state index in [4.69, 9.17) is 9.84 Å². The molecular formula is C13H20N2O2. The number of hydrogen-bond acceptors (Lipinski definition) is 4. The number of rotatable bonds is 5. The molecule has 1 aromatic heterocycles. The van der Waals surface area contributed by atoms with Crippen molar-refractivity contribution in [1.29, 1.82) is 0 Å². The van der Waals surface area contributed by atoms with Gasteiger partial charge >= 0.3 is 0 Å². The van der Waals surface area contributed by atoms with Gasteiger partial charge < -0.3 is 14.7 Å². The predicted molar refractivity (Wildman–Crippen MR) is 65.9 cm³/mol. The summed E-state index contributed by atoms with van der Waals surface area (Å²) in [6, 6.07) is 6.13. The van der Waals surface area contributed by atoms with E-state index in [1.165, 1.54) is 19.4 Å². The van der Waals surface area contributed by atoms with Crippen LogP contribution in [0.1, 0.15) is 25.0 Å². The van der Waals surface area contributed by atoms with E-state index >= 15 is 0 Å². The van der Waals surface area contributed by atoms with Crippen LogP contribution in [0.3, 0.4) is 0 Å². The first-order valence-electron chi connectivity index (χ1n) is 6.19. The van der Waals surface area contributed by atoms with Crippen molar-refractivity contribution in [1.82, 2.24) is 9.88 Å². The predicted octanol–water partition coefficient (Wildman–Crippen LogP) is 1.44. The quantitative estimate of drug-likeness (QED) is 0.840. The summed E-state index contributed by atoms with van der Waals surface area (Å²) in [6.07, 6.45) is 3.60. The molecule has 0 spiro atoms. The summed E-state index contributed by atoms with van der Waals surface area (Å²) < 4.78 is 5.61. The topological polar surface area (TPSA) is 45.6 Å². The average Bonchev–Trinajstić information content (AvgIpc) is 2.76. The van der Waals surface area contributed by atoms with Gasteiger partial charge in [-0.1, -0.05) is 6.07 Å². The van der Waals surface area contributed by atoms with Crippen LogP contribution in [0.2, 0.25) is 0 Å². The van der Waals surface area contributed by atoms with Gasteiger partial charge in [-0.25, -0.2) is 4.98 Å². The van der Waals surface area contributed by atoms with Crippen molar-refractivity contribution in [3.8, 4) is 5.88 Å². The number of aromatic nitrogens is 1. The Balaban J connectivity index is 1.77. The fraction of sp³-hybridized carbons (Fsp3) is 0.615. The Bertz CT molecular complexity index is 357. The third-order valence-corrected chi connectivity index (χ3v) is 3.32. The lowest BCUT2D eigenvalue weighted by molar-refractivity contribution is 0.226. The minimum absolute atomic E-state index is 0.0391. The largest absolute Gasteiger partial charge is 0.478 e. The van der Waals surface area contributed by atoms with Gasteiger partial charge in [0.05, 0.1) is 18.9 Å². The Morgan fingerprint density at radius 2 is 2.41 bits per heavy atom. The highest BCUT2D eigenvalue weighted by atomic mass is 16.5. The first-order chi connectivity index (χ1) is 8.29. The fourth-order valence-electron chi connectivity index (χ4n) is 2.27. The molecule has 1 N–H and O–H groups in total. The molecule has 1 aliphatic heterocycles. The Hall–Kier alpha value is -1.13. The van der Waals surface area contributed by atoms with Crippen LogP contribution in [0, 0.1) is 0 Å². The molecule has 0 saturated carbocycles. The molecule has 1 aliphatic rings. The van der Waals surface area contributed by atoms with Crippen LogP contribution in [0.15, 0.2) is 18.2 Å². The molecule has 0 aromatic carbocycles. The molecule has 1 unspecified atom stereocenters. The maximum Gasteiger partial charge on any atom is 0.213 e. The highest BCUT2D eigenvalue weighted by Gasteiger charge is 2.20. The van der Waals surface area contributed by atoms with E-state index in [1.807, 2.05) is 12.1 Å². The molecule has 2 rings (SSSR count). The normalized spacial score (nSPS) is 20.7. The number of aliphatic hydroxyl groups excluding tert-OH is 1. The summed E-state index contributed by atoms with van der Waals surface area (Å²) in [4.78, 5) is 6.58. The molecule has 1 saturated heterocycles.